The molecule has 0 amide bonds. The van der Waals surface area contributed by atoms with Crippen LogP contribution in [0.2, 0.25) is 0 Å². The lowest BCUT2D eigenvalue weighted by Crippen LogP contribution is -2.39. The lowest BCUT2D eigenvalue weighted by molar-refractivity contribution is -0.137. The lowest BCUT2D eigenvalue weighted by atomic mass is 10.1. The second kappa shape index (κ2) is 10.0. The van der Waals surface area contributed by atoms with Gasteiger partial charge >= 0.3 is 21.6 Å². The fraction of sp³-hybridized carbons (Fsp3) is 0.286. The van der Waals surface area contributed by atoms with E-state index < -0.39 is 60.1 Å². The van der Waals surface area contributed by atoms with Crippen molar-refractivity contribution in [2.45, 2.75) is 16.9 Å². The van der Waals surface area contributed by atoms with Gasteiger partial charge in [-0.2, -0.15) is 21.6 Å². The highest BCUT2D eigenvalue weighted by Gasteiger charge is 2.51. The van der Waals surface area contributed by atoms with Crippen molar-refractivity contribution in [1.29, 1.82) is 0 Å². The maximum Gasteiger partial charge on any atom is 0.534 e. The van der Waals surface area contributed by atoms with Crippen LogP contribution < -0.4 is 14.2 Å². The van der Waals surface area contributed by atoms with Crippen LogP contribution in [0.4, 0.5) is 13.2 Å². The van der Waals surface area contributed by atoms with E-state index >= 15 is 0 Å². The number of ether oxygens (including phenoxy) is 4. The number of benzene rings is 2. The largest absolute Gasteiger partial charge is 0.534 e. The topological polar surface area (TPSA) is 135 Å². The summed E-state index contributed by atoms with van der Waals surface area (Å²) in [6.07, 6.45) is 0. The summed E-state index contributed by atoms with van der Waals surface area (Å²) in [5.41, 5.74) is -7.44. The number of sulfonamides is 1. The predicted octanol–water partition coefficient (Wildman–Crippen LogP) is 2.62. The van der Waals surface area contributed by atoms with Crippen LogP contribution in [-0.4, -0.2) is 61.1 Å². The Morgan fingerprint density at radius 2 is 1.54 bits per heavy atom. The Hall–Kier alpha value is -3.66. The molecule has 0 bridgehead atoms. The molecule has 0 fully saturated rings. The molecule has 0 saturated carbocycles. The molecule has 1 aliphatic heterocycles. The molecule has 1 heterocycles. The Bertz CT molecular complexity index is 1440. The molecule has 2 aromatic rings. The monoisotopic (exact) mass is 567 g/mol. The number of hydrogen-bond acceptors (Lipinski definition) is 10. The van der Waals surface area contributed by atoms with Crippen molar-refractivity contribution < 1.29 is 57.9 Å². The molecule has 0 atom stereocenters. The summed E-state index contributed by atoms with van der Waals surface area (Å²) in [6, 6.07) is 7.16. The second-order valence-electron chi connectivity index (χ2n) is 7.19. The first kappa shape index (κ1) is 27.9. The van der Waals surface area contributed by atoms with E-state index in [1.54, 1.807) is 0 Å². The van der Waals surface area contributed by atoms with Gasteiger partial charge in [-0.25, -0.2) is 13.2 Å². The van der Waals surface area contributed by atoms with Gasteiger partial charge in [-0.05, 0) is 29.8 Å². The highest BCUT2D eigenvalue weighted by Crippen LogP contribution is 2.43. The van der Waals surface area contributed by atoms with Crippen LogP contribution in [-0.2, 0) is 40.4 Å². The third kappa shape index (κ3) is 4.98. The molecule has 0 spiro atoms. The number of esters is 1. The van der Waals surface area contributed by atoms with Crippen LogP contribution >= 0.6 is 0 Å². The van der Waals surface area contributed by atoms with Gasteiger partial charge in [0.1, 0.15) is 0 Å². The molecule has 0 aromatic heterocycles. The Kier molecular flexibility index (Phi) is 7.55. The van der Waals surface area contributed by atoms with E-state index in [-0.39, 0.29) is 22.8 Å². The molecule has 1 aliphatic rings. The van der Waals surface area contributed by atoms with Crippen molar-refractivity contribution >= 4 is 31.9 Å². The Balaban J connectivity index is 2.33. The summed E-state index contributed by atoms with van der Waals surface area (Å²) in [6.45, 7) is -0.698. The molecule has 2 aromatic carbocycles. The quantitative estimate of drug-likeness (QED) is 0.266. The summed E-state index contributed by atoms with van der Waals surface area (Å²) in [4.78, 5) is 12.1. The van der Waals surface area contributed by atoms with Gasteiger partial charge in [0.25, 0.3) is 10.0 Å². The molecular formula is C21H20F3NO10S2. The standard InChI is InChI=1S/C21H20F3NO10S2/c1-31-14-9-12(10-15(32-2)19(14)33-3)11-25-17(20(26)34-4)18(35-37(29,30)21(22,23)24)13-7-5-6-8-16(13)36(25,27)28/h5-10H,11H2,1-4H3. The Labute approximate surface area is 210 Å². The van der Waals surface area contributed by atoms with Crippen molar-refractivity contribution in [2.24, 2.45) is 0 Å². The zero-order valence-corrected chi connectivity index (χ0v) is 21.3. The highest BCUT2D eigenvalue weighted by atomic mass is 32.2. The van der Waals surface area contributed by atoms with Crippen LogP contribution in [0.5, 0.6) is 17.2 Å². The van der Waals surface area contributed by atoms with Crippen LogP contribution in [0.25, 0.3) is 5.76 Å². The van der Waals surface area contributed by atoms with Crippen LogP contribution in [0.3, 0.4) is 0 Å². The van der Waals surface area contributed by atoms with Gasteiger partial charge in [-0.3, -0.25) is 4.31 Å². The van der Waals surface area contributed by atoms with Crippen LogP contribution in [0, 0.1) is 0 Å². The van der Waals surface area contributed by atoms with Crippen molar-refractivity contribution in [3.8, 4) is 17.2 Å². The van der Waals surface area contributed by atoms with Crippen molar-refractivity contribution in [3.05, 3.63) is 53.2 Å². The van der Waals surface area contributed by atoms with Gasteiger partial charge in [-0.1, -0.05) is 12.1 Å². The molecule has 16 heteroatoms. The molecule has 3 rings (SSSR count). The first-order valence-electron chi connectivity index (χ1n) is 9.97. The molecule has 0 N–H and O–H groups in total. The number of hydrogen-bond donors (Lipinski definition) is 0. The van der Waals surface area contributed by atoms with Crippen molar-refractivity contribution in [3.63, 3.8) is 0 Å². The minimum absolute atomic E-state index is 0.103. The number of carbonyl (C=O) groups excluding carboxylic acids is 1. The Morgan fingerprint density at radius 1 is 0.973 bits per heavy atom. The minimum atomic E-state index is -6.32. The van der Waals surface area contributed by atoms with Gasteiger partial charge in [0.2, 0.25) is 5.75 Å². The molecule has 0 aliphatic carbocycles. The zero-order valence-electron chi connectivity index (χ0n) is 19.7. The van der Waals surface area contributed by atoms with E-state index in [4.69, 9.17) is 14.2 Å². The van der Waals surface area contributed by atoms with E-state index in [1.165, 1.54) is 45.6 Å². The molecule has 0 radical (unpaired) electrons. The van der Waals surface area contributed by atoms with E-state index in [0.717, 1.165) is 19.2 Å². The van der Waals surface area contributed by atoms with E-state index in [9.17, 15) is 34.8 Å². The molecule has 202 valence electrons. The van der Waals surface area contributed by atoms with Crippen molar-refractivity contribution in [2.75, 3.05) is 28.4 Å². The summed E-state index contributed by atoms with van der Waals surface area (Å²) in [5.74, 6) is -2.29. The fourth-order valence-corrected chi connectivity index (χ4v) is 5.57. The number of rotatable bonds is 8. The SMILES string of the molecule is COC(=O)C1=C(OS(=O)(=O)C(F)(F)F)c2ccccc2S(=O)(=O)N1Cc1cc(OC)c(OC)c(OC)c1. The predicted molar refractivity (Wildman–Crippen MR) is 120 cm³/mol. The number of nitrogens with zero attached hydrogens (tertiary/aromatic N) is 1. The van der Waals surface area contributed by atoms with Crippen LogP contribution in [0.1, 0.15) is 11.1 Å². The van der Waals surface area contributed by atoms with E-state index in [0.29, 0.717) is 4.31 Å². The third-order valence-corrected chi connectivity index (χ3v) is 7.83. The Morgan fingerprint density at radius 3 is 2.03 bits per heavy atom. The summed E-state index contributed by atoms with van der Waals surface area (Å²) in [7, 11) is -6.23. The van der Waals surface area contributed by atoms with Crippen molar-refractivity contribution in [1.82, 2.24) is 4.31 Å². The second-order valence-corrected chi connectivity index (χ2v) is 10.6. The zero-order chi connectivity index (χ0) is 27.8. The minimum Gasteiger partial charge on any atom is -0.493 e. The van der Waals surface area contributed by atoms with Gasteiger partial charge in [0.15, 0.2) is 23.0 Å². The van der Waals surface area contributed by atoms with Crippen LogP contribution in [0.15, 0.2) is 47.0 Å². The maximum absolute atomic E-state index is 13.5. The van der Waals surface area contributed by atoms with E-state index in [1.807, 2.05) is 0 Å². The maximum atomic E-state index is 13.5. The summed E-state index contributed by atoms with van der Waals surface area (Å²) in [5, 5.41) is 0. The smallest absolute Gasteiger partial charge is 0.493 e. The first-order chi connectivity index (χ1) is 17.2. The third-order valence-electron chi connectivity index (χ3n) is 5.07. The van der Waals surface area contributed by atoms with Gasteiger partial charge in [0, 0.05) is 5.56 Å². The molecule has 11 nitrogen and oxygen atoms in total. The summed E-state index contributed by atoms with van der Waals surface area (Å²) >= 11 is 0. The number of methoxy groups -OCH3 is 4. The number of fused-ring (bicyclic) bond motifs is 1. The average molecular weight is 568 g/mol. The average Bonchev–Trinajstić information content (AvgIpc) is 2.85. The molecular weight excluding hydrogens is 547 g/mol. The normalized spacial score (nSPS) is 15.1. The number of halogens is 3. The van der Waals surface area contributed by atoms with E-state index in [2.05, 4.69) is 8.92 Å². The van der Waals surface area contributed by atoms with Gasteiger partial charge in [0.05, 0.1) is 39.9 Å². The first-order valence-corrected chi connectivity index (χ1v) is 12.8. The number of alkyl halides is 3. The molecule has 0 unspecified atom stereocenters. The van der Waals surface area contributed by atoms with Gasteiger partial charge in [-0.15, -0.1) is 0 Å². The van der Waals surface area contributed by atoms with Gasteiger partial charge < -0.3 is 23.1 Å². The fourth-order valence-electron chi connectivity index (χ4n) is 3.45. The summed E-state index contributed by atoms with van der Waals surface area (Å²) < 4.78 is 115. The highest BCUT2D eigenvalue weighted by molar-refractivity contribution is 7.89. The molecule has 0 saturated heterocycles. The lowest BCUT2D eigenvalue weighted by Gasteiger charge is -2.32. The number of carbonyl (C=O) groups is 1. The molecule has 37 heavy (non-hydrogen) atoms.